The molecule has 4 aliphatic rings. The van der Waals surface area contributed by atoms with E-state index < -0.39 is 0 Å². The SMILES string of the molecule is CC1(C)c2ccccc2-c2ccc(-c3cccc(N(c4ccccc4)c4cc5c6c(c4)C(C)(C)c4cccc7c4N6c4c(cccc4C5(C)C)C7(C)C)c3)cc21. The lowest BCUT2D eigenvalue weighted by Gasteiger charge is -2.55. The molecule has 56 heavy (non-hydrogen) atoms. The van der Waals surface area contributed by atoms with Crippen LogP contribution in [0.1, 0.15) is 99.9 Å². The molecule has 0 atom stereocenters. The van der Waals surface area contributed by atoms with Gasteiger partial charge in [0.2, 0.25) is 0 Å². The molecule has 274 valence electrons. The summed E-state index contributed by atoms with van der Waals surface area (Å²) < 4.78 is 0. The minimum Gasteiger partial charge on any atom is -0.310 e. The number of hydrogen-bond donors (Lipinski definition) is 0. The molecule has 7 aromatic carbocycles. The molecular formula is C54H48N2. The summed E-state index contributed by atoms with van der Waals surface area (Å²) in [6, 6.07) is 55.2. The van der Waals surface area contributed by atoms with E-state index in [1.54, 1.807) is 0 Å². The van der Waals surface area contributed by atoms with Crippen molar-refractivity contribution in [1.82, 2.24) is 0 Å². The van der Waals surface area contributed by atoms with Crippen molar-refractivity contribution >= 4 is 34.1 Å². The molecule has 0 bridgehead atoms. The maximum Gasteiger partial charge on any atom is 0.0545 e. The molecule has 2 nitrogen and oxygen atoms in total. The standard InChI is InChI=1S/C54H48N2/c1-51(2)40-22-13-12-21-38(40)39-28-27-34(30-45(39)51)33-17-14-20-36(29-33)55(35-18-10-9-11-19-35)37-31-46-50-47(32-37)54(7,8)44-26-16-24-42-49(44)56(50)48-41(52(42,3)4)23-15-25-43(48)53(46,5)6/h9-32H,1-8H3. The highest BCUT2D eigenvalue weighted by molar-refractivity contribution is 5.99. The van der Waals surface area contributed by atoms with Gasteiger partial charge in [-0.1, -0.05) is 159 Å². The van der Waals surface area contributed by atoms with Gasteiger partial charge in [0.05, 0.1) is 17.1 Å². The molecule has 0 fully saturated rings. The van der Waals surface area contributed by atoms with Gasteiger partial charge in [-0.2, -0.15) is 0 Å². The zero-order valence-electron chi connectivity index (χ0n) is 33.8. The summed E-state index contributed by atoms with van der Waals surface area (Å²) >= 11 is 0. The predicted octanol–water partition coefficient (Wildman–Crippen LogP) is 14.5. The third-order valence-electron chi connectivity index (χ3n) is 14.2. The normalized spacial score (nSPS) is 17.5. The number of para-hydroxylation sites is 3. The van der Waals surface area contributed by atoms with Gasteiger partial charge >= 0.3 is 0 Å². The summed E-state index contributed by atoms with van der Waals surface area (Å²) in [5.74, 6) is 0. The molecule has 0 saturated carbocycles. The molecule has 0 aromatic heterocycles. The van der Waals surface area contributed by atoms with Crippen LogP contribution in [0.5, 0.6) is 0 Å². The Morgan fingerprint density at radius 1 is 0.321 bits per heavy atom. The second-order valence-electron chi connectivity index (χ2n) is 18.7. The van der Waals surface area contributed by atoms with Crippen LogP contribution in [-0.4, -0.2) is 0 Å². The van der Waals surface area contributed by atoms with Crippen LogP contribution < -0.4 is 9.80 Å². The van der Waals surface area contributed by atoms with Gasteiger partial charge < -0.3 is 9.80 Å². The Morgan fingerprint density at radius 2 is 0.768 bits per heavy atom. The van der Waals surface area contributed by atoms with Crippen LogP contribution in [0.4, 0.5) is 34.1 Å². The first-order valence-electron chi connectivity index (χ1n) is 20.3. The molecule has 0 unspecified atom stereocenters. The van der Waals surface area contributed by atoms with Crippen LogP contribution in [0.3, 0.4) is 0 Å². The fourth-order valence-corrected chi connectivity index (χ4v) is 11.0. The molecule has 7 aromatic rings. The molecule has 3 heterocycles. The lowest BCUT2D eigenvalue weighted by atomic mass is 9.61. The molecule has 11 rings (SSSR count). The number of nitrogens with zero attached hydrogens (tertiary/aromatic N) is 2. The van der Waals surface area contributed by atoms with Crippen molar-refractivity contribution in [2.45, 2.75) is 77.0 Å². The third-order valence-corrected chi connectivity index (χ3v) is 14.2. The van der Waals surface area contributed by atoms with Gasteiger partial charge in [-0.05, 0) is 109 Å². The minimum atomic E-state index is -0.225. The maximum atomic E-state index is 2.66. The van der Waals surface area contributed by atoms with Crippen LogP contribution >= 0.6 is 0 Å². The van der Waals surface area contributed by atoms with E-state index in [2.05, 4.69) is 211 Å². The molecule has 0 saturated heterocycles. The Balaban J connectivity index is 1.13. The summed E-state index contributed by atoms with van der Waals surface area (Å²) in [7, 11) is 0. The first kappa shape index (κ1) is 33.5. The van der Waals surface area contributed by atoms with Gasteiger partial charge in [0.1, 0.15) is 0 Å². The Bertz CT molecular complexity index is 2720. The molecule has 0 amide bonds. The Morgan fingerprint density at radius 3 is 1.39 bits per heavy atom. The number of benzene rings is 7. The van der Waals surface area contributed by atoms with Crippen molar-refractivity contribution in [3.63, 3.8) is 0 Å². The highest BCUT2D eigenvalue weighted by atomic mass is 15.2. The monoisotopic (exact) mass is 724 g/mol. The fraction of sp³-hybridized carbons (Fsp3) is 0.222. The molecule has 0 spiro atoms. The van der Waals surface area contributed by atoms with E-state index in [9.17, 15) is 0 Å². The molecule has 0 radical (unpaired) electrons. The van der Waals surface area contributed by atoms with E-state index >= 15 is 0 Å². The lowest BCUT2D eigenvalue weighted by Crippen LogP contribution is -2.43. The van der Waals surface area contributed by atoms with E-state index in [1.807, 2.05) is 0 Å². The van der Waals surface area contributed by atoms with Gasteiger partial charge in [-0.25, -0.2) is 0 Å². The minimum absolute atomic E-state index is 0.0530. The summed E-state index contributed by atoms with van der Waals surface area (Å²) in [4.78, 5) is 5.14. The van der Waals surface area contributed by atoms with E-state index in [0.29, 0.717) is 0 Å². The average Bonchev–Trinajstić information content (AvgIpc) is 3.43. The van der Waals surface area contributed by atoms with Crippen molar-refractivity contribution < 1.29 is 0 Å². The van der Waals surface area contributed by atoms with Crippen LogP contribution in [0.2, 0.25) is 0 Å². The molecule has 0 N–H and O–H groups in total. The first-order valence-corrected chi connectivity index (χ1v) is 20.3. The van der Waals surface area contributed by atoms with Crippen molar-refractivity contribution in [1.29, 1.82) is 0 Å². The van der Waals surface area contributed by atoms with Crippen LogP contribution in [-0.2, 0) is 21.7 Å². The lowest BCUT2D eigenvalue weighted by molar-refractivity contribution is 0.566. The summed E-state index contributed by atoms with van der Waals surface area (Å²) in [6.45, 7) is 19.3. The highest BCUT2D eigenvalue weighted by Crippen LogP contribution is 2.66. The van der Waals surface area contributed by atoms with Crippen molar-refractivity contribution in [2.24, 2.45) is 0 Å². The molecular weight excluding hydrogens is 677 g/mol. The van der Waals surface area contributed by atoms with Gasteiger partial charge in [0, 0.05) is 38.7 Å². The largest absolute Gasteiger partial charge is 0.310 e. The van der Waals surface area contributed by atoms with Gasteiger partial charge in [-0.3, -0.25) is 0 Å². The van der Waals surface area contributed by atoms with E-state index in [4.69, 9.17) is 0 Å². The second-order valence-corrected chi connectivity index (χ2v) is 18.7. The maximum absolute atomic E-state index is 2.66. The molecule has 3 aliphatic heterocycles. The first-order chi connectivity index (χ1) is 26.8. The summed E-state index contributed by atoms with van der Waals surface area (Å²) in [5, 5.41) is 0. The van der Waals surface area contributed by atoms with E-state index in [-0.39, 0.29) is 21.7 Å². The van der Waals surface area contributed by atoms with Crippen LogP contribution in [0.15, 0.2) is 146 Å². The Labute approximate surface area is 332 Å². The Hall–Kier alpha value is -5.86. The van der Waals surface area contributed by atoms with Crippen molar-refractivity contribution in [3.8, 4) is 22.3 Å². The van der Waals surface area contributed by atoms with Gasteiger partial charge in [0.25, 0.3) is 0 Å². The highest BCUT2D eigenvalue weighted by Gasteiger charge is 2.52. The zero-order chi connectivity index (χ0) is 38.5. The van der Waals surface area contributed by atoms with Gasteiger partial charge in [0.15, 0.2) is 0 Å². The summed E-state index contributed by atoms with van der Waals surface area (Å²) in [5.41, 5.74) is 23.3. The molecule has 1 aliphatic carbocycles. The van der Waals surface area contributed by atoms with Gasteiger partial charge in [-0.15, -0.1) is 0 Å². The summed E-state index contributed by atoms with van der Waals surface area (Å²) in [6.07, 6.45) is 0. The predicted molar refractivity (Wildman–Crippen MR) is 235 cm³/mol. The topological polar surface area (TPSA) is 6.48 Å². The average molecular weight is 725 g/mol. The number of rotatable bonds is 4. The van der Waals surface area contributed by atoms with Crippen molar-refractivity contribution in [3.05, 3.63) is 190 Å². The smallest absolute Gasteiger partial charge is 0.0545 e. The number of fused-ring (bicyclic) bond motifs is 3. The quantitative estimate of drug-likeness (QED) is 0.178. The zero-order valence-corrected chi connectivity index (χ0v) is 33.8. The second kappa shape index (κ2) is 10.9. The molecule has 2 heteroatoms. The fourth-order valence-electron chi connectivity index (χ4n) is 11.0. The Kier molecular flexibility index (Phi) is 6.53. The van der Waals surface area contributed by atoms with Crippen LogP contribution in [0, 0.1) is 0 Å². The third kappa shape index (κ3) is 4.17. The number of anilines is 6. The van der Waals surface area contributed by atoms with Crippen molar-refractivity contribution in [2.75, 3.05) is 9.80 Å². The van der Waals surface area contributed by atoms with E-state index in [0.717, 1.165) is 11.4 Å². The number of hydrogen-bond acceptors (Lipinski definition) is 2. The van der Waals surface area contributed by atoms with E-state index in [1.165, 1.54) is 89.5 Å². The van der Waals surface area contributed by atoms with Crippen LogP contribution in [0.25, 0.3) is 22.3 Å².